The molecule has 0 amide bonds. The standard InChI is InChI=1S/C15H26N2O/c1-5-16-8-9-17-11-14-10-13(12(2)3)6-7-15(14)18-4/h6-7,10,12,16-17H,5,8-9,11H2,1-4H3. The van der Waals surface area contributed by atoms with Gasteiger partial charge < -0.3 is 15.4 Å². The van der Waals surface area contributed by atoms with E-state index >= 15 is 0 Å². The Morgan fingerprint density at radius 2 is 1.89 bits per heavy atom. The molecule has 0 saturated carbocycles. The lowest BCUT2D eigenvalue weighted by atomic mass is 10.0. The van der Waals surface area contributed by atoms with Crippen molar-refractivity contribution in [2.75, 3.05) is 26.7 Å². The molecule has 102 valence electrons. The van der Waals surface area contributed by atoms with Crippen molar-refractivity contribution in [1.29, 1.82) is 0 Å². The highest BCUT2D eigenvalue weighted by Gasteiger charge is 2.06. The fourth-order valence-corrected chi connectivity index (χ4v) is 1.87. The van der Waals surface area contributed by atoms with E-state index in [9.17, 15) is 0 Å². The molecule has 0 radical (unpaired) electrons. The van der Waals surface area contributed by atoms with E-state index in [0.717, 1.165) is 31.9 Å². The van der Waals surface area contributed by atoms with Gasteiger partial charge in [-0.1, -0.05) is 32.9 Å². The van der Waals surface area contributed by atoms with Crippen molar-refractivity contribution < 1.29 is 4.74 Å². The van der Waals surface area contributed by atoms with Crippen LogP contribution in [0.25, 0.3) is 0 Å². The summed E-state index contributed by atoms with van der Waals surface area (Å²) in [4.78, 5) is 0. The molecule has 0 aliphatic rings. The Labute approximate surface area is 111 Å². The van der Waals surface area contributed by atoms with Gasteiger partial charge in [-0.25, -0.2) is 0 Å². The van der Waals surface area contributed by atoms with Crippen molar-refractivity contribution in [1.82, 2.24) is 10.6 Å². The number of methoxy groups -OCH3 is 1. The summed E-state index contributed by atoms with van der Waals surface area (Å²) >= 11 is 0. The highest BCUT2D eigenvalue weighted by atomic mass is 16.5. The summed E-state index contributed by atoms with van der Waals surface area (Å²) in [5, 5.41) is 6.73. The van der Waals surface area contributed by atoms with E-state index in [0.29, 0.717) is 5.92 Å². The molecule has 18 heavy (non-hydrogen) atoms. The molecule has 0 spiro atoms. The predicted octanol–water partition coefficient (Wildman–Crippen LogP) is 2.52. The molecule has 3 nitrogen and oxygen atoms in total. The summed E-state index contributed by atoms with van der Waals surface area (Å²) in [6.45, 7) is 10.4. The van der Waals surface area contributed by atoms with Crippen LogP contribution in [0.5, 0.6) is 5.75 Å². The number of hydrogen-bond donors (Lipinski definition) is 2. The van der Waals surface area contributed by atoms with Gasteiger partial charge in [-0.05, 0) is 24.1 Å². The Morgan fingerprint density at radius 1 is 1.17 bits per heavy atom. The van der Waals surface area contributed by atoms with Gasteiger partial charge in [0, 0.05) is 25.2 Å². The maximum Gasteiger partial charge on any atom is 0.123 e. The Kier molecular flexibility index (Phi) is 6.76. The third-order valence-corrected chi connectivity index (χ3v) is 3.02. The van der Waals surface area contributed by atoms with Crippen LogP contribution in [0.15, 0.2) is 18.2 Å². The van der Waals surface area contributed by atoms with Crippen LogP contribution >= 0.6 is 0 Å². The van der Waals surface area contributed by atoms with Crippen LogP contribution in [0.1, 0.15) is 37.8 Å². The second-order valence-corrected chi connectivity index (χ2v) is 4.76. The van der Waals surface area contributed by atoms with Gasteiger partial charge in [0.25, 0.3) is 0 Å². The van der Waals surface area contributed by atoms with Crippen molar-refractivity contribution in [3.63, 3.8) is 0 Å². The SMILES string of the molecule is CCNCCNCc1cc(C(C)C)ccc1OC. The zero-order chi connectivity index (χ0) is 13.4. The lowest BCUT2D eigenvalue weighted by Crippen LogP contribution is -2.26. The lowest BCUT2D eigenvalue weighted by Gasteiger charge is -2.13. The number of rotatable bonds is 8. The maximum absolute atomic E-state index is 5.40. The zero-order valence-electron chi connectivity index (χ0n) is 12.0. The highest BCUT2D eigenvalue weighted by Crippen LogP contribution is 2.23. The first-order valence-corrected chi connectivity index (χ1v) is 6.77. The largest absolute Gasteiger partial charge is 0.496 e. The molecule has 0 aliphatic heterocycles. The van der Waals surface area contributed by atoms with Crippen LogP contribution in [0, 0.1) is 0 Å². The van der Waals surface area contributed by atoms with Gasteiger partial charge in [0.15, 0.2) is 0 Å². The fraction of sp³-hybridized carbons (Fsp3) is 0.600. The van der Waals surface area contributed by atoms with E-state index in [-0.39, 0.29) is 0 Å². The van der Waals surface area contributed by atoms with Gasteiger partial charge in [-0.15, -0.1) is 0 Å². The van der Waals surface area contributed by atoms with Gasteiger partial charge in [-0.2, -0.15) is 0 Å². The summed E-state index contributed by atoms with van der Waals surface area (Å²) < 4.78 is 5.40. The number of hydrogen-bond acceptors (Lipinski definition) is 3. The first kappa shape index (κ1) is 15.0. The third-order valence-electron chi connectivity index (χ3n) is 3.02. The molecule has 1 aromatic rings. The molecule has 0 saturated heterocycles. The van der Waals surface area contributed by atoms with Crippen molar-refractivity contribution in [3.05, 3.63) is 29.3 Å². The molecule has 0 unspecified atom stereocenters. The minimum atomic E-state index is 0.552. The van der Waals surface area contributed by atoms with Crippen LogP contribution in [-0.2, 0) is 6.54 Å². The van der Waals surface area contributed by atoms with Crippen molar-refractivity contribution in [3.8, 4) is 5.75 Å². The highest BCUT2D eigenvalue weighted by molar-refractivity contribution is 5.38. The number of ether oxygens (including phenoxy) is 1. The summed E-state index contributed by atoms with van der Waals surface area (Å²) in [7, 11) is 1.73. The van der Waals surface area contributed by atoms with E-state index in [1.54, 1.807) is 7.11 Å². The molecule has 3 heteroatoms. The van der Waals surface area contributed by atoms with Crippen molar-refractivity contribution in [2.24, 2.45) is 0 Å². The monoisotopic (exact) mass is 250 g/mol. The molecule has 1 aromatic carbocycles. The Morgan fingerprint density at radius 3 is 2.50 bits per heavy atom. The number of nitrogens with one attached hydrogen (secondary N) is 2. The predicted molar refractivity (Wildman–Crippen MR) is 77.3 cm³/mol. The second-order valence-electron chi connectivity index (χ2n) is 4.76. The Balaban J connectivity index is 2.58. The van der Waals surface area contributed by atoms with Gasteiger partial charge in [0.05, 0.1) is 7.11 Å². The topological polar surface area (TPSA) is 33.3 Å². The molecule has 1 rings (SSSR count). The Hall–Kier alpha value is -1.06. The molecule has 0 bridgehead atoms. The van der Waals surface area contributed by atoms with Crippen LogP contribution in [0.4, 0.5) is 0 Å². The summed E-state index contributed by atoms with van der Waals surface area (Å²) in [6, 6.07) is 6.45. The van der Waals surface area contributed by atoms with E-state index in [1.807, 2.05) is 0 Å². The normalized spacial score (nSPS) is 10.9. The minimum absolute atomic E-state index is 0.552. The van der Waals surface area contributed by atoms with Crippen LogP contribution in [0.2, 0.25) is 0 Å². The summed E-state index contributed by atoms with van der Waals surface area (Å²) in [6.07, 6.45) is 0. The molecular weight excluding hydrogens is 224 g/mol. The van der Waals surface area contributed by atoms with E-state index in [1.165, 1.54) is 11.1 Å². The zero-order valence-corrected chi connectivity index (χ0v) is 12.0. The second kappa shape index (κ2) is 8.11. The molecular formula is C15H26N2O. The third kappa shape index (κ3) is 4.67. The fourth-order valence-electron chi connectivity index (χ4n) is 1.87. The minimum Gasteiger partial charge on any atom is -0.496 e. The number of benzene rings is 1. The first-order valence-electron chi connectivity index (χ1n) is 6.77. The molecule has 0 fully saturated rings. The molecule has 0 aromatic heterocycles. The first-order chi connectivity index (χ1) is 8.69. The van der Waals surface area contributed by atoms with E-state index < -0.39 is 0 Å². The summed E-state index contributed by atoms with van der Waals surface area (Å²) in [5.41, 5.74) is 2.60. The van der Waals surface area contributed by atoms with E-state index in [4.69, 9.17) is 4.74 Å². The molecule has 2 N–H and O–H groups in total. The molecule has 0 aliphatic carbocycles. The lowest BCUT2D eigenvalue weighted by molar-refractivity contribution is 0.407. The van der Waals surface area contributed by atoms with Gasteiger partial charge in [0.1, 0.15) is 5.75 Å². The summed E-state index contributed by atoms with van der Waals surface area (Å²) in [5.74, 6) is 1.52. The average Bonchev–Trinajstić information content (AvgIpc) is 2.38. The van der Waals surface area contributed by atoms with Gasteiger partial charge in [-0.3, -0.25) is 0 Å². The number of likely N-dealkylation sites (N-methyl/N-ethyl adjacent to an activating group) is 1. The van der Waals surface area contributed by atoms with Crippen molar-refractivity contribution >= 4 is 0 Å². The van der Waals surface area contributed by atoms with Gasteiger partial charge in [0.2, 0.25) is 0 Å². The Bertz CT molecular complexity index is 350. The average molecular weight is 250 g/mol. The van der Waals surface area contributed by atoms with Crippen LogP contribution in [0.3, 0.4) is 0 Å². The molecule has 0 heterocycles. The van der Waals surface area contributed by atoms with E-state index in [2.05, 4.69) is 49.6 Å². The quantitative estimate of drug-likeness (QED) is 0.696. The van der Waals surface area contributed by atoms with Crippen LogP contribution in [-0.4, -0.2) is 26.7 Å². The van der Waals surface area contributed by atoms with Crippen molar-refractivity contribution in [2.45, 2.75) is 33.2 Å². The van der Waals surface area contributed by atoms with Gasteiger partial charge >= 0.3 is 0 Å². The maximum atomic E-state index is 5.40. The smallest absolute Gasteiger partial charge is 0.123 e. The molecule has 0 atom stereocenters. The van der Waals surface area contributed by atoms with Crippen LogP contribution < -0.4 is 15.4 Å².